The summed E-state index contributed by atoms with van der Waals surface area (Å²) in [5, 5.41) is 0.297. The largest absolute Gasteiger partial charge is 0.369 e. The number of allylic oxidation sites excluding steroid dienone is 1. The topological polar surface area (TPSA) is 43.1 Å². The first-order valence-corrected chi connectivity index (χ1v) is 6.26. The molecule has 3 heteroatoms. The number of benzene rings is 1. The van der Waals surface area contributed by atoms with E-state index in [-0.39, 0.29) is 18.9 Å². The van der Waals surface area contributed by atoms with E-state index in [1.807, 2.05) is 6.92 Å². The van der Waals surface area contributed by atoms with E-state index < -0.39 is 18.2 Å². The Balaban J connectivity index is 2.29. The maximum atomic E-state index is 11.9. The molecule has 0 spiro atoms. The van der Waals surface area contributed by atoms with Gasteiger partial charge in [0, 0.05) is 9.13 Å². The molecule has 0 bridgehead atoms. The van der Waals surface area contributed by atoms with Gasteiger partial charge >= 0.3 is 0 Å². The minimum absolute atomic E-state index is 0.0783. The van der Waals surface area contributed by atoms with E-state index >= 15 is 0 Å². The summed E-state index contributed by atoms with van der Waals surface area (Å²) in [4.78, 5) is 11.9. The molecule has 0 aromatic heterocycles. The van der Waals surface area contributed by atoms with E-state index in [0.717, 1.165) is 11.1 Å². The summed E-state index contributed by atoms with van der Waals surface area (Å²) in [5.41, 5.74) is 8.84. The predicted molar refractivity (Wildman–Crippen MR) is 73.3 cm³/mol. The van der Waals surface area contributed by atoms with Crippen LogP contribution in [0.15, 0.2) is 17.7 Å². The second-order valence-corrected chi connectivity index (χ2v) is 5.14. The Morgan fingerprint density at radius 2 is 2.50 bits per heavy atom. The Labute approximate surface area is 117 Å². The normalized spacial score (nSPS) is 31.9. The summed E-state index contributed by atoms with van der Waals surface area (Å²) in [6.07, 6.45) is -1.51. The Hall–Kier alpha value is -1.28. The Morgan fingerprint density at radius 3 is 3.22 bits per heavy atom. The van der Waals surface area contributed by atoms with Crippen LogP contribution in [0.3, 0.4) is 0 Å². The molecule has 1 atom stereocenters. The monoisotopic (exact) mass is 265 g/mol. The molecule has 0 saturated heterocycles. The van der Waals surface area contributed by atoms with Gasteiger partial charge in [-0.1, -0.05) is 11.6 Å². The molecule has 3 rings (SSSR count). The van der Waals surface area contributed by atoms with Gasteiger partial charge in [-0.15, -0.1) is 0 Å². The average molecular weight is 266 g/mol. The molecule has 1 unspecified atom stereocenters. The predicted octanol–water partition coefficient (Wildman–Crippen LogP) is 3.24. The van der Waals surface area contributed by atoms with Crippen molar-refractivity contribution in [3.8, 4) is 0 Å². The lowest BCUT2D eigenvalue weighted by atomic mass is 9.82. The smallest absolute Gasteiger partial charge is 0.224 e. The second-order valence-electron chi connectivity index (χ2n) is 4.73. The fourth-order valence-electron chi connectivity index (χ4n) is 2.76. The fraction of sp³-hybridized carbons (Fsp3) is 0.400. The van der Waals surface area contributed by atoms with Crippen molar-refractivity contribution in [3.05, 3.63) is 39.4 Å². The van der Waals surface area contributed by atoms with Gasteiger partial charge in [0.15, 0.2) is 0 Å². The SMILES string of the molecule is [2H]c1c(Cl)cc(C)c2c1C1=C(C2)C([2H])(C(N)=O)CC([2H])([2H])C1. The highest BCUT2D eigenvalue weighted by Crippen LogP contribution is 2.45. The first-order valence-electron chi connectivity index (χ1n) is 7.88. The highest BCUT2D eigenvalue weighted by Gasteiger charge is 2.33. The molecule has 0 saturated carbocycles. The number of hydrogen-bond acceptors (Lipinski definition) is 1. The van der Waals surface area contributed by atoms with Gasteiger partial charge in [-0.2, -0.15) is 0 Å². The molecule has 2 N–H and O–H groups in total. The van der Waals surface area contributed by atoms with Crippen LogP contribution in [0.4, 0.5) is 0 Å². The Bertz CT molecular complexity index is 744. The molecule has 1 amide bonds. The number of hydrogen-bond donors (Lipinski definition) is 1. The van der Waals surface area contributed by atoms with Crippen molar-refractivity contribution in [2.45, 2.75) is 32.6 Å². The summed E-state index contributed by atoms with van der Waals surface area (Å²) in [7, 11) is 0. The molecule has 0 radical (unpaired) electrons. The van der Waals surface area contributed by atoms with Gasteiger partial charge in [0.2, 0.25) is 5.91 Å². The summed E-state index contributed by atoms with van der Waals surface area (Å²) < 4.78 is 32.8. The van der Waals surface area contributed by atoms with Crippen molar-refractivity contribution >= 4 is 23.1 Å². The summed E-state index contributed by atoms with van der Waals surface area (Å²) in [6, 6.07) is 1.84. The van der Waals surface area contributed by atoms with Crippen LogP contribution in [-0.4, -0.2) is 5.91 Å². The molecule has 0 heterocycles. The lowest BCUT2D eigenvalue weighted by Gasteiger charge is -2.22. The molecule has 2 aliphatic rings. The van der Waals surface area contributed by atoms with Gasteiger partial charge in [0.1, 0.15) is 0 Å². The van der Waals surface area contributed by atoms with E-state index in [0.29, 0.717) is 28.2 Å². The lowest BCUT2D eigenvalue weighted by Crippen LogP contribution is -2.27. The highest BCUT2D eigenvalue weighted by atomic mass is 35.5. The van der Waals surface area contributed by atoms with E-state index in [1.54, 1.807) is 6.07 Å². The molecule has 1 aromatic carbocycles. The minimum atomic E-state index is -1.76. The highest BCUT2D eigenvalue weighted by molar-refractivity contribution is 6.30. The van der Waals surface area contributed by atoms with E-state index in [4.69, 9.17) is 22.8 Å². The fourth-order valence-corrected chi connectivity index (χ4v) is 3.02. The van der Waals surface area contributed by atoms with Crippen molar-refractivity contribution in [1.29, 1.82) is 0 Å². The maximum absolute atomic E-state index is 11.9. The number of primary amides is 1. The summed E-state index contributed by atoms with van der Waals surface area (Å²) in [6.45, 7) is 1.87. The molecule has 0 fully saturated rings. The van der Waals surface area contributed by atoms with E-state index in [9.17, 15) is 4.79 Å². The van der Waals surface area contributed by atoms with Gasteiger partial charge in [0.05, 0.1) is 7.26 Å². The van der Waals surface area contributed by atoms with Gasteiger partial charge in [0.25, 0.3) is 0 Å². The molecule has 2 aliphatic carbocycles. The number of rotatable bonds is 1. The molecular formula is C15H16ClNO. The molecule has 94 valence electrons. The number of amides is 1. The third-order valence-corrected chi connectivity index (χ3v) is 3.85. The Kier molecular flexibility index (Phi) is 1.84. The first-order chi connectivity index (χ1) is 10.1. The quantitative estimate of drug-likeness (QED) is 0.832. The maximum Gasteiger partial charge on any atom is 0.224 e. The average Bonchev–Trinajstić information content (AvgIpc) is 2.75. The molecule has 2 nitrogen and oxygen atoms in total. The third kappa shape index (κ3) is 1.67. The zero-order valence-electron chi connectivity index (χ0n) is 14.1. The van der Waals surface area contributed by atoms with Crippen LogP contribution in [0.2, 0.25) is 5.02 Å². The molecule has 18 heavy (non-hydrogen) atoms. The zero-order chi connectivity index (χ0) is 16.4. The number of carbonyl (C=O) groups is 1. The lowest BCUT2D eigenvalue weighted by molar-refractivity contribution is -0.121. The van der Waals surface area contributed by atoms with Crippen molar-refractivity contribution < 1.29 is 10.3 Å². The van der Waals surface area contributed by atoms with Crippen molar-refractivity contribution in [3.63, 3.8) is 0 Å². The van der Waals surface area contributed by atoms with Gasteiger partial charge < -0.3 is 5.73 Å². The van der Waals surface area contributed by atoms with Crippen LogP contribution in [0, 0.1) is 12.8 Å². The minimum Gasteiger partial charge on any atom is -0.369 e. The summed E-state index contributed by atoms with van der Waals surface area (Å²) in [5.74, 6) is -2.60. The van der Waals surface area contributed by atoms with Crippen LogP contribution in [0.5, 0.6) is 0 Å². The number of nitrogens with two attached hydrogens (primary N) is 1. The number of halogens is 1. The molecule has 1 aromatic rings. The molecule has 0 aliphatic heterocycles. The van der Waals surface area contributed by atoms with Crippen molar-refractivity contribution in [2.24, 2.45) is 11.6 Å². The van der Waals surface area contributed by atoms with E-state index in [2.05, 4.69) is 0 Å². The van der Waals surface area contributed by atoms with Gasteiger partial charge in [-0.25, -0.2) is 0 Å². The zero-order valence-corrected chi connectivity index (χ0v) is 10.8. The second kappa shape index (κ2) is 4.13. The van der Waals surface area contributed by atoms with Crippen LogP contribution < -0.4 is 5.73 Å². The summed E-state index contributed by atoms with van der Waals surface area (Å²) >= 11 is 6.09. The number of fused-ring (bicyclic) bond motifs is 2. The van der Waals surface area contributed by atoms with Crippen LogP contribution in [0.25, 0.3) is 5.57 Å². The standard InChI is InChI=1S/C15H16ClNO/c1-8-5-9(16)6-13-10-3-2-4-11(15(17)18)14(10)7-12(8)13/h5-6,11H,2-4,7H2,1H3,(H2,17,18)/i2D2,6D,11D. The Morgan fingerprint density at radius 1 is 1.72 bits per heavy atom. The van der Waals surface area contributed by atoms with Crippen LogP contribution in [0.1, 0.15) is 41.4 Å². The molecular weight excluding hydrogens is 246 g/mol. The van der Waals surface area contributed by atoms with Gasteiger partial charge in [-0.05, 0) is 72.5 Å². The van der Waals surface area contributed by atoms with Crippen LogP contribution in [-0.2, 0) is 11.2 Å². The van der Waals surface area contributed by atoms with Gasteiger partial charge in [-0.3, -0.25) is 4.79 Å². The third-order valence-electron chi connectivity index (χ3n) is 3.65. The van der Waals surface area contributed by atoms with E-state index in [1.165, 1.54) is 0 Å². The van der Waals surface area contributed by atoms with Crippen molar-refractivity contribution in [2.75, 3.05) is 0 Å². The first kappa shape index (κ1) is 8.00. The van der Waals surface area contributed by atoms with Crippen molar-refractivity contribution in [1.82, 2.24) is 0 Å². The van der Waals surface area contributed by atoms with Crippen LogP contribution >= 0.6 is 11.6 Å². The number of aryl methyl sites for hydroxylation is 1. The number of carbonyl (C=O) groups excluding carboxylic acids is 1.